The molecule has 1 aliphatic rings. The third-order valence-electron chi connectivity index (χ3n) is 10.5. The lowest BCUT2D eigenvalue weighted by atomic mass is 9.99. The summed E-state index contributed by atoms with van der Waals surface area (Å²) in [4.78, 5) is 12.9. The lowest BCUT2D eigenvalue weighted by Crippen LogP contribution is -2.60. The number of nitrogens with one attached hydrogen (secondary N) is 1. The number of rotatable bonds is 35. The van der Waals surface area contributed by atoms with E-state index in [2.05, 4.69) is 19.2 Å². The molecule has 0 aromatic heterocycles. The first-order chi connectivity index (χ1) is 24.3. The van der Waals surface area contributed by atoms with Crippen molar-refractivity contribution in [3.63, 3.8) is 0 Å². The minimum atomic E-state index is -1.55. The maximum Gasteiger partial charge on any atom is 0.220 e. The van der Waals surface area contributed by atoms with Crippen LogP contribution in [0.3, 0.4) is 0 Å². The molecule has 298 valence electrons. The third kappa shape index (κ3) is 23.7. The van der Waals surface area contributed by atoms with Crippen molar-refractivity contribution in [1.29, 1.82) is 0 Å². The molecule has 2 unspecified atom stereocenters. The summed E-state index contributed by atoms with van der Waals surface area (Å²) in [5, 5.41) is 54.1. The summed E-state index contributed by atoms with van der Waals surface area (Å²) in [5.74, 6) is -0.143. The molecule has 0 bridgehead atoms. The minimum absolute atomic E-state index is 0.132. The number of carbonyl (C=O) groups excluding carboxylic acids is 1. The Kier molecular flexibility index (Phi) is 31.0. The number of hydrogen-bond donors (Lipinski definition) is 6. The smallest absolute Gasteiger partial charge is 0.220 e. The average molecular weight is 716 g/mol. The summed E-state index contributed by atoms with van der Waals surface area (Å²) in [6.07, 6.45) is 26.8. The summed E-state index contributed by atoms with van der Waals surface area (Å²) < 4.78 is 11.2. The van der Waals surface area contributed by atoms with E-state index >= 15 is 0 Å². The molecule has 1 heterocycles. The Morgan fingerprint density at radius 2 is 1.00 bits per heavy atom. The molecule has 6 N–H and O–H groups in total. The van der Waals surface area contributed by atoms with Crippen molar-refractivity contribution in [2.24, 2.45) is 0 Å². The highest BCUT2D eigenvalue weighted by Gasteiger charge is 2.44. The Labute approximate surface area is 306 Å². The molecule has 9 heteroatoms. The van der Waals surface area contributed by atoms with Gasteiger partial charge in [-0.05, 0) is 12.8 Å². The second kappa shape index (κ2) is 32.8. The van der Waals surface area contributed by atoms with Gasteiger partial charge in [-0.2, -0.15) is 0 Å². The summed E-state index contributed by atoms with van der Waals surface area (Å²) in [5.41, 5.74) is 0. The molecular formula is C41H81NO8. The molecular weight excluding hydrogens is 634 g/mol. The summed E-state index contributed by atoms with van der Waals surface area (Å²) in [7, 11) is 0. The molecule has 1 aliphatic heterocycles. The zero-order chi connectivity index (χ0) is 36.7. The zero-order valence-electron chi connectivity index (χ0n) is 32.4. The fourth-order valence-corrected chi connectivity index (χ4v) is 6.98. The van der Waals surface area contributed by atoms with Crippen LogP contribution in [0.5, 0.6) is 0 Å². The van der Waals surface area contributed by atoms with Crippen molar-refractivity contribution in [2.75, 3.05) is 13.2 Å². The number of aliphatic hydroxyl groups excluding tert-OH is 5. The predicted molar refractivity (Wildman–Crippen MR) is 203 cm³/mol. The summed E-state index contributed by atoms with van der Waals surface area (Å²) >= 11 is 0. The molecule has 0 aromatic carbocycles. The Morgan fingerprint density at radius 3 is 1.42 bits per heavy atom. The highest BCUT2D eigenvalue weighted by molar-refractivity contribution is 5.76. The number of carbonyl (C=O) groups is 1. The van der Waals surface area contributed by atoms with Crippen LogP contribution >= 0.6 is 0 Å². The van der Waals surface area contributed by atoms with Gasteiger partial charge in [0.25, 0.3) is 0 Å². The molecule has 7 atom stereocenters. The van der Waals surface area contributed by atoms with Crippen LogP contribution in [0.25, 0.3) is 0 Å². The molecule has 9 nitrogen and oxygen atoms in total. The standard InChI is InChI=1S/C41H81NO8/c1-3-5-7-9-11-13-15-16-17-18-19-21-23-25-27-29-31-37(45)42-34(33-49-41-40(48)39(47)38(46)36(32-43)50-41)35(44)30-28-26-24-22-20-14-12-10-8-6-4-2/h34-36,38-41,43-44,46-48H,3-33H2,1-2H3,(H,42,45)/t34-,35+,36+,38-,39?,40?,41+/m0/s1. The van der Waals surface area contributed by atoms with Gasteiger partial charge in [0.1, 0.15) is 24.4 Å². The second-order valence-corrected chi connectivity index (χ2v) is 15.1. The van der Waals surface area contributed by atoms with Gasteiger partial charge in [0.05, 0.1) is 25.4 Å². The van der Waals surface area contributed by atoms with Crippen LogP contribution < -0.4 is 5.32 Å². The fourth-order valence-electron chi connectivity index (χ4n) is 6.98. The predicted octanol–water partition coefficient (Wildman–Crippen LogP) is 8.00. The van der Waals surface area contributed by atoms with Crippen LogP contribution in [0.1, 0.15) is 200 Å². The topological polar surface area (TPSA) is 149 Å². The molecule has 0 aliphatic carbocycles. The lowest BCUT2D eigenvalue weighted by Gasteiger charge is -2.40. The Hall–Kier alpha value is -0.810. The van der Waals surface area contributed by atoms with Crippen molar-refractivity contribution in [3.05, 3.63) is 0 Å². The van der Waals surface area contributed by atoms with E-state index < -0.39 is 49.5 Å². The summed E-state index contributed by atoms with van der Waals surface area (Å²) in [6, 6.07) is -0.709. The number of unbranched alkanes of at least 4 members (excludes halogenated alkanes) is 25. The third-order valence-corrected chi connectivity index (χ3v) is 10.5. The first-order valence-corrected chi connectivity index (χ1v) is 21.2. The van der Waals surface area contributed by atoms with Crippen LogP contribution in [-0.2, 0) is 14.3 Å². The van der Waals surface area contributed by atoms with Crippen molar-refractivity contribution in [1.82, 2.24) is 5.32 Å². The van der Waals surface area contributed by atoms with E-state index in [0.717, 1.165) is 38.5 Å². The monoisotopic (exact) mass is 716 g/mol. The van der Waals surface area contributed by atoms with Gasteiger partial charge in [0, 0.05) is 6.42 Å². The Balaban J connectivity index is 2.34. The van der Waals surface area contributed by atoms with Gasteiger partial charge in [-0.3, -0.25) is 4.79 Å². The first kappa shape index (κ1) is 47.2. The van der Waals surface area contributed by atoms with E-state index in [1.54, 1.807) is 0 Å². The van der Waals surface area contributed by atoms with E-state index in [1.807, 2.05) is 0 Å². The minimum Gasteiger partial charge on any atom is -0.394 e. The van der Waals surface area contributed by atoms with E-state index in [9.17, 15) is 30.3 Å². The second-order valence-electron chi connectivity index (χ2n) is 15.1. The van der Waals surface area contributed by atoms with Gasteiger partial charge in [0.2, 0.25) is 5.91 Å². The van der Waals surface area contributed by atoms with Crippen LogP contribution in [0, 0.1) is 0 Å². The van der Waals surface area contributed by atoms with Crippen molar-refractivity contribution >= 4 is 5.91 Å². The lowest BCUT2D eigenvalue weighted by molar-refractivity contribution is -0.302. The number of aliphatic hydroxyl groups is 5. The molecule has 0 spiro atoms. The van der Waals surface area contributed by atoms with Crippen LogP contribution in [0.4, 0.5) is 0 Å². The van der Waals surface area contributed by atoms with Crippen LogP contribution in [-0.4, -0.2) is 87.5 Å². The Bertz CT molecular complexity index is 756. The van der Waals surface area contributed by atoms with Crippen LogP contribution in [0.15, 0.2) is 0 Å². The molecule has 0 radical (unpaired) electrons. The molecule has 0 aromatic rings. The van der Waals surface area contributed by atoms with E-state index in [0.29, 0.717) is 12.8 Å². The first-order valence-electron chi connectivity index (χ1n) is 21.2. The molecule has 1 amide bonds. The molecule has 0 saturated carbocycles. The number of hydrogen-bond acceptors (Lipinski definition) is 8. The van der Waals surface area contributed by atoms with E-state index in [1.165, 1.54) is 135 Å². The van der Waals surface area contributed by atoms with Crippen molar-refractivity contribution < 1.29 is 39.8 Å². The highest BCUT2D eigenvalue weighted by atomic mass is 16.7. The fraction of sp³-hybridized carbons (Fsp3) is 0.976. The van der Waals surface area contributed by atoms with Crippen molar-refractivity contribution in [2.45, 2.75) is 243 Å². The Morgan fingerprint density at radius 1 is 0.600 bits per heavy atom. The van der Waals surface area contributed by atoms with Crippen molar-refractivity contribution in [3.8, 4) is 0 Å². The van der Waals surface area contributed by atoms with E-state index in [-0.39, 0.29) is 12.5 Å². The van der Waals surface area contributed by atoms with Gasteiger partial charge in [0.15, 0.2) is 6.29 Å². The zero-order valence-corrected chi connectivity index (χ0v) is 32.4. The number of ether oxygens (including phenoxy) is 2. The SMILES string of the molecule is CCCCCCCCCCCCCCCCCCC(=O)N[C@@H](CO[C@@H]1O[C@H](CO)[C@H](O)C(O)C1O)[C@H](O)CCCCCCCCCCCCC. The quantitative estimate of drug-likeness (QED) is 0.0362. The van der Waals surface area contributed by atoms with Gasteiger partial charge < -0.3 is 40.3 Å². The van der Waals surface area contributed by atoms with E-state index in [4.69, 9.17) is 9.47 Å². The highest BCUT2D eigenvalue weighted by Crippen LogP contribution is 2.23. The van der Waals surface area contributed by atoms with Gasteiger partial charge in [-0.1, -0.05) is 181 Å². The maximum absolute atomic E-state index is 12.9. The van der Waals surface area contributed by atoms with Crippen LogP contribution in [0.2, 0.25) is 0 Å². The molecule has 1 rings (SSSR count). The van der Waals surface area contributed by atoms with Gasteiger partial charge >= 0.3 is 0 Å². The summed E-state index contributed by atoms with van der Waals surface area (Å²) in [6.45, 7) is 3.82. The molecule has 50 heavy (non-hydrogen) atoms. The normalized spacial score (nSPS) is 22.1. The van der Waals surface area contributed by atoms with Gasteiger partial charge in [-0.25, -0.2) is 0 Å². The number of amides is 1. The molecule has 1 saturated heterocycles. The average Bonchev–Trinajstić information content (AvgIpc) is 3.11. The maximum atomic E-state index is 12.9. The van der Waals surface area contributed by atoms with Gasteiger partial charge in [-0.15, -0.1) is 0 Å². The largest absolute Gasteiger partial charge is 0.394 e. The molecule has 1 fully saturated rings.